The van der Waals surface area contributed by atoms with Crippen LogP contribution in [0.15, 0.2) is 23.6 Å². The lowest BCUT2D eigenvalue weighted by Crippen LogP contribution is -2.29. The number of nitrogens with zero attached hydrogens (tertiary/aromatic N) is 1. The number of halogens is 2. The van der Waals surface area contributed by atoms with Crippen LogP contribution in [0.25, 0.3) is 0 Å². The van der Waals surface area contributed by atoms with E-state index in [4.69, 9.17) is 17.4 Å². The largest absolute Gasteiger partial charge is 0.271 e. The molecule has 0 saturated carbocycles. The van der Waals surface area contributed by atoms with Crippen molar-refractivity contribution in [1.29, 1.82) is 0 Å². The second kappa shape index (κ2) is 5.75. The second-order valence-electron chi connectivity index (χ2n) is 3.95. The molecule has 0 fully saturated rings. The van der Waals surface area contributed by atoms with Gasteiger partial charge in [0.2, 0.25) is 0 Å². The lowest BCUT2D eigenvalue weighted by Gasteiger charge is -2.14. The minimum absolute atomic E-state index is 0.127. The summed E-state index contributed by atoms with van der Waals surface area (Å²) in [5, 5.41) is 3.34. The van der Waals surface area contributed by atoms with E-state index in [-0.39, 0.29) is 11.9 Å². The Hall–Kier alpha value is -1.01. The van der Waals surface area contributed by atoms with Crippen LogP contribution < -0.4 is 11.3 Å². The lowest BCUT2D eigenvalue weighted by molar-refractivity contribution is 0.539. The lowest BCUT2D eigenvalue weighted by atomic mass is 10.0. The van der Waals surface area contributed by atoms with Crippen molar-refractivity contribution in [1.82, 2.24) is 10.4 Å². The maximum atomic E-state index is 13.0. The number of thiazole rings is 1. The number of nitrogens with two attached hydrogens (primary N) is 1. The molecule has 3 nitrogen and oxygen atoms in total. The summed E-state index contributed by atoms with van der Waals surface area (Å²) in [6.07, 6.45) is 0.568. The summed E-state index contributed by atoms with van der Waals surface area (Å²) in [6, 6.07) is 4.23. The topological polar surface area (TPSA) is 50.9 Å². The van der Waals surface area contributed by atoms with Crippen molar-refractivity contribution >= 4 is 22.9 Å². The highest BCUT2D eigenvalue weighted by Crippen LogP contribution is 2.24. The molecule has 1 unspecified atom stereocenters. The van der Waals surface area contributed by atoms with Crippen molar-refractivity contribution in [2.45, 2.75) is 19.4 Å². The number of hydrogen-bond acceptors (Lipinski definition) is 4. The Bertz CT molecular complexity index is 544. The summed E-state index contributed by atoms with van der Waals surface area (Å²) in [4.78, 5) is 4.38. The molecule has 96 valence electrons. The van der Waals surface area contributed by atoms with Gasteiger partial charge in [-0.3, -0.25) is 11.3 Å². The quantitative estimate of drug-likeness (QED) is 0.671. The summed E-state index contributed by atoms with van der Waals surface area (Å²) >= 11 is 7.56. The Labute approximate surface area is 114 Å². The first-order valence-electron chi connectivity index (χ1n) is 5.42. The number of nitrogens with one attached hydrogen (secondary N) is 1. The zero-order valence-corrected chi connectivity index (χ0v) is 11.4. The summed E-state index contributed by atoms with van der Waals surface area (Å²) in [5.74, 6) is 5.20. The minimum Gasteiger partial charge on any atom is -0.271 e. The van der Waals surface area contributed by atoms with Gasteiger partial charge >= 0.3 is 0 Å². The first-order valence-corrected chi connectivity index (χ1v) is 6.68. The molecule has 0 bridgehead atoms. The molecule has 1 aromatic heterocycles. The van der Waals surface area contributed by atoms with Gasteiger partial charge in [-0.15, -0.1) is 11.3 Å². The summed E-state index contributed by atoms with van der Waals surface area (Å²) in [6.45, 7) is 1.94. The first-order chi connectivity index (χ1) is 8.60. The third-order valence-corrected chi connectivity index (χ3v) is 3.78. The van der Waals surface area contributed by atoms with E-state index in [1.165, 1.54) is 12.1 Å². The van der Waals surface area contributed by atoms with Gasteiger partial charge in [0.1, 0.15) is 5.82 Å². The van der Waals surface area contributed by atoms with Crippen LogP contribution in [0.1, 0.15) is 22.3 Å². The van der Waals surface area contributed by atoms with E-state index >= 15 is 0 Å². The van der Waals surface area contributed by atoms with Crippen molar-refractivity contribution in [3.8, 4) is 0 Å². The molecule has 3 N–H and O–H groups in total. The number of hydrazine groups is 1. The molecule has 1 aromatic carbocycles. The third kappa shape index (κ3) is 3.05. The van der Waals surface area contributed by atoms with Crippen LogP contribution in [0.5, 0.6) is 0 Å². The van der Waals surface area contributed by atoms with Crippen molar-refractivity contribution in [3.05, 3.63) is 50.7 Å². The molecule has 1 atom stereocenters. The normalized spacial score (nSPS) is 12.7. The van der Waals surface area contributed by atoms with Crippen molar-refractivity contribution in [2.75, 3.05) is 0 Å². The predicted molar refractivity (Wildman–Crippen MR) is 72.0 cm³/mol. The molecule has 0 amide bonds. The highest BCUT2D eigenvalue weighted by Gasteiger charge is 2.15. The maximum absolute atomic E-state index is 13.0. The summed E-state index contributed by atoms with van der Waals surface area (Å²) < 4.78 is 13.0. The van der Waals surface area contributed by atoms with Crippen LogP contribution in [0, 0.1) is 12.7 Å². The van der Waals surface area contributed by atoms with Crippen molar-refractivity contribution in [2.24, 2.45) is 5.84 Å². The van der Waals surface area contributed by atoms with Crippen LogP contribution in [-0.4, -0.2) is 4.98 Å². The number of hydrogen-bond donors (Lipinski definition) is 2. The van der Waals surface area contributed by atoms with Crippen molar-refractivity contribution < 1.29 is 4.39 Å². The fraction of sp³-hybridized carbons (Fsp3) is 0.250. The molecule has 0 spiro atoms. The summed E-state index contributed by atoms with van der Waals surface area (Å²) in [7, 11) is 0. The Balaban J connectivity index is 2.20. The standard InChI is InChI=1S/C12H13ClFN3S/c1-7-16-12(6-18-7)11(17-15)4-8-2-3-9(14)5-10(8)13/h2-3,5-6,11,17H,4,15H2,1H3. The maximum Gasteiger partial charge on any atom is 0.124 e. The zero-order chi connectivity index (χ0) is 13.1. The van der Waals surface area contributed by atoms with Gasteiger partial charge in [0, 0.05) is 10.4 Å². The molecule has 2 aromatic rings. The van der Waals surface area contributed by atoms with Gasteiger partial charge in [-0.1, -0.05) is 17.7 Å². The molecule has 0 radical (unpaired) electrons. The van der Waals surface area contributed by atoms with E-state index in [1.54, 1.807) is 17.4 Å². The Morgan fingerprint density at radius 1 is 1.56 bits per heavy atom. The van der Waals surface area contributed by atoms with Gasteiger partial charge in [-0.25, -0.2) is 9.37 Å². The van der Waals surface area contributed by atoms with Gasteiger partial charge in [0.05, 0.1) is 16.7 Å². The Morgan fingerprint density at radius 2 is 2.33 bits per heavy atom. The minimum atomic E-state index is -0.342. The molecule has 0 saturated heterocycles. The number of rotatable bonds is 4. The van der Waals surface area contributed by atoms with Gasteiger partial charge in [-0.05, 0) is 31.0 Å². The van der Waals surface area contributed by atoms with Crippen molar-refractivity contribution in [3.63, 3.8) is 0 Å². The Kier molecular flexibility index (Phi) is 4.29. The van der Waals surface area contributed by atoms with E-state index in [0.717, 1.165) is 16.3 Å². The van der Waals surface area contributed by atoms with E-state index in [9.17, 15) is 4.39 Å². The Morgan fingerprint density at radius 3 is 2.89 bits per heavy atom. The molecule has 1 heterocycles. The van der Waals surface area contributed by atoms with Crippen LogP contribution >= 0.6 is 22.9 Å². The molecule has 18 heavy (non-hydrogen) atoms. The third-order valence-electron chi connectivity index (χ3n) is 2.63. The number of aryl methyl sites for hydroxylation is 1. The van der Waals surface area contributed by atoms with E-state index < -0.39 is 0 Å². The van der Waals surface area contributed by atoms with Crippen LogP contribution in [0.4, 0.5) is 4.39 Å². The van der Waals surface area contributed by atoms with Crippen LogP contribution in [-0.2, 0) is 6.42 Å². The SMILES string of the molecule is Cc1nc(C(Cc2ccc(F)cc2Cl)NN)cs1. The first kappa shape index (κ1) is 13.4. The van der Waals surface area contributed by atoms with Crippen LogP contribution in [0.2, 0.25) is 5.02 Å². The highest BCUT2D eigenvalue weighted by atomic mass is 35.5. The summed E-state index contributed by atoms with van der Waals surface area (Å²) in [5.41, 5.74) is 4.43. The molecule has 0 aliphatic heterocycles. The van der Waals surface area contributed by atoms with E-state index in [2.05, 4.69) is 10.4 Å². The monoisotopic (exact) mass is 285 g/mol. The van der Waals surface area contributed by atoms with Gasteiger partial charge in [0.15, 0.2) is 0 Å². The molecule has 2 rings (SSSR count). The van der Waals surface area contributed by atoms with E-state index in [0.29, 0.717) is 11.4 Å². The second-order valence-corrected chi connectivity index (χ2v) is 5.42. The van der Waals surface area contributed by atoms with Gasteiger partial charge in [0.25, 0.3) is 0 Å². The number of aromatic nitrogens is 1. The average molecular weight is 286 g/mol. The molecule has 6 heteroatoms. The molecular weight excluding hydrogens is 273 g/mol. The molecule has 0 aliphatic carbocycles. The number of benzene rings is 1. The van der Waals surface area contributed by atoms with Gasteiger partial charge in [-0.2, -0.15) is 0 Å². The average Bonchev–Trinajstić information content (AvgIpc) is 2.75. The molecular formula is C12H13ClFN3S. The highest BCUT2D eigenvalue weighted by molar-refractivity contribution is 7.09. The zero-order valence-electron chi connectivity index (χ0n) is 9.78. The van der Waals surface area contributed by atoms with E-state index in [1.807, 2.05) is 12.3 Å². The fourth-order valence-corrected chi connectivity index (χ4v) is 2.61. The fourth-order valence-electron chi connectivity index (χ4n) is 1.70. The molecule has 0 aliphatic rings. The smallest absolute Gasteiger partial charge is 0.124 e. The predicted octanol–water partition coefficient (Wildman–Crippen LogP) is 2.99. The van der Waals surface area contributed by atoms with Crippen LogP contribution in [0.3, 0.4) is 0 Å². The van der Waals surface area contributed by atoms with Gasteiger partial charge < -0.3 is 0 Å².